The Morgan fingerprint density at radius 2 is 2.12 bits per heavy atom. The molecule has 256 valence electrons. The van der Waals surface area contributed by atoms with E-state index in [1.54, 1.807) is 11.0 Å². The fraction of sp³-hybridized carbons (Fsp3) is 0.412. The molecule has 0 bridgehead atoms. The number of rotatable bonds is 7. The zero-order valence-electron chi connectivity index (χ0n) is 26.7. The van der Waals surface area contributed by atoms with E-state index >= 15 is 4.39 Å². The van der Waals surface area contributed by atoms with Crippen LogP contribution in [0, 0.1) is 23.0 Å². The number of aromatic nitrogens is 2. The van der Waals surface area contributed by atoms with Gasteiger partial charge in [0.15, 0.2) is 11.3 Å². The van der Waals surface area contributed by atoms with Crippen LogP contribution < -0.4 is 20.4 Å². The van der Waals surface area contributed by atoms with Gasteiger partial charge in [0.25, 0.3) is 5.91 Å². The van der Waals surface area contributed by atoms with Gasteiger partial charge in [-0.15, -0.1) is 11.3 Å². The first kappa shape index (κ1) is 33.3. The lowest BCUT2D eigenvalue weighted by Crippen LogP contribution is -2.55. The van der Waals surface area contributed by atoms with Crippen LogP contribution in [0.2, 0.25) is 5.02 Å². The molecule has 3 fully saturated rings. The number of ether oxygens (including phenoxy) is 1. The molecule has 5 heterocycles. The van der Waals surface area contributed by atoms with Crippen molar-refractivity contribution in [1.82, 2.24) is 14.8 Å². The minimum Gasteiger partial charge on any atom is -0.439 e. The molecule has 0 unspecified atom stereocenters. The second kappa shape index (κ2) is 12.6. The number of aromatic amines is 1. The van der Waals surface area contributed by atoms with Gasteiger partial charge in [-0.1, -0.05) is 29.2 Å². The number of thiophene rings is 1. The summed E-state index contributed by atoms with van der Waals surface area (Å²) in [5.74, 6) is -1.31. The number of nitrogens with one attached hydrogen (secondary N) is 1. The number of nitriles is 1. The quantitative estimate of drug-likeness (QED) is 0.260. The number of anilines is 2. The maximum Gasteiger partial charge on any atom is 0.432 e. The van der Waals surface area contributed by atoms with Crippen LogP contribution in [0.5, 0.6) is 6.01 Å². The number of H-pyrrole nitrogens is 1. The summed E-state index contributed by atoms with van der Waals surface area (Å²) in [6.45, 7) is 7.29. The Morgan fingerprint density at radius 1 is 1.33 bits per heavy atom. The Labute approximate surface area is 289 Å². The number of nitrogens with two attached hydrogens (primary N) is 1. The molecule has 0 saturated carbocycles. The molecule has 2 aromatic heterocycles. The molecule has 1 amide bonds. The highest BCUT2D eigenvalue weighted by atomic mass is 35.5. The minimum atomic E-state index is -0.964. The van der Waals surface area contributed by atoms with Crippen molar-refractivity contribution >= 4 is 60.7 Å². The summed E-state index contributed by atoms with van der Waals surface area (Å²) in [6, 6.07) is 5.86. The highest BCUT2D eigenvalue weighted by Gasteiger charge is 2.49. The van der Waals surface area contributed by atoms with Gasteiger partial charge in [-0.05, 0) is 44.0 Å². The third-order valence-corrected chi connectivity index (χ3v) is 11.3. The van der Waals surface area contributed by atoms with E-state index in [0.717, 1.165) is 30.7 Å². The van der Waals surface area contributed by atoms with Crippen LogP contribution in [-0.4, -0.2) is 89.5 Å². The fourth-order valence-electron chi connectivity index (χ4n) is 7.66. The number of benzene rings is 2. The van der Waals surface area contributed by atoms with Crippen molar-refractivity contribution in [1.29, 1.82) is 5.26 Å². The molecule has 0 radical (unpaired) electrons. The first-order valence-electron chi connectivity index (χ1n) is 16.0. The summed E-state index contributed by atoms with van der Waals surface area (Å²) < 4.78 is 52.8. The summed E-state index contributed by atoms with van der Waals surface area (Å²) in [5, 5.41) is 19.9. The van der Waals surface area contributed by atoms with Gasteiger partial charge in [-0.2, -0.15) is 5.26 Å². The number of carbonyl (C=O) groups is 1. The highest BCUT2D eigenvalue weighted by Crippen LogP contribution is 2.46. The lowest BCUT2D eigenvalue weighted by Gasteiger charge is -2.37. The third-order valence-electron chi connectivity index (χ3n) is 10.0. The first-order valence-corrected chi connectivity index (χ1v) is 17.2. The van der Waals surface area contributed by atoms with E-state index in [9.17, 15) is 23.9 Å². The number of hydrogen-bond acceptors (Lipinski definition) is 9. The molecule has 7 rings (SSSR count). The van der Waals surface area contributed by atoms with Gasteiger partial charge in [0.2, 0.25) is 5.82 Å². The number of nitrogens with zero attached hydrogens (tertiary/aromatic N) is 5. The number of aliphatic hydroxyl groups is 1. The molecule has 0 aliphatic carbocycles. The normalized spacial score (nSPS) is 22.6. The van der Waals surface area contributed by atoms with Gasteiger partial charge in [0, 0.05) is 29.5 Å². The number of amides is 1. The SMILES string of the molecule is C=C(CO)C(=O)N1CCN(c2[nH+]c(OC[C@@]34CCCN3C[C@H](F)C4)nc3c(F)c(-c4ccc(F)c5sc(N)c(C#N)c45)c(Cl)cc23)[C@@H](C)C1. The van der Waals surface area contributed by atoms with Gasteiger partial charge in [-0.3, -0.25) is 14.6 Å². The second-order valence-corrected chi connectivity index (χ2v) is 14.5. The zero-order valence-corrected chi connectivity index (χ0v) is 28.2. The Morgan fingerprint density at radius 3 is 2.86 bits per heavy atom. The molecule has 3 saturated heterocycles. The van der Waals surface area contributed by atoms with Crippen molar-refractivity contribution in [2.45, 2.75) is 43.9 Å². The van der Waals surface area contributed by atoms with E-state index < -0.39 is 30.0 Å². The number of nitrogen functional groups attached to an aromatic ring is 1. The van der Waals surface area contributed by atoms with Crippen molar-refractivity contribution in [3.05, 3.63) is 52.6 Å². The number of carbonyl (C=O) groups excluding carboxylic acids is 1. The maximum atomic E-state index is 17.0. The van der Waals surface area contributed by atoms with Crippen LogP contribution in [0.4, 0.5) is 24.0 Å². The monoisotopic (exact) mass is 712 g/mol. The summed E-state index contributed by atoms with van der Waals surface area (Å²) in [5.41, 5.74) is 5.71. The van der Waals surface area contributed by atoms with Crippen LogP contribution in [0.25, 0.3) is 32.1 Å². The summed E-state index contributed by atoms with van der Waals surface area (Å²) in [7, 11) is 0. The third kappa shape index (κ3) is 5.53. The van der Waals surface area contributed by atoms with E-state index in [4.69, 9.17) is 22.1 Å². The van der Waals surface area contributed by atoms with E-state index in [-0.39, 0.29) is 72.5 Å². The summed E-state index contributed by atoms with van der Waals surface area (Å²) >= 11 is 7.74. The van der Waals surface area contributed by atoms with Crippen molar-refractivity contribution in [2.75, 3.05) is 56.6 Å². The van der Waals surface area contributed by atoms with E-state index in [2.05, 4.69) is 21.4 Å². The van der Waals surface area contributed by atoms with E-state index in [0.29, 0.717) is 43.8 Å². The van der Waals surface area contributed by atoms with E-state index in [1.165, 1.54) is 12.1 Å². The maximum absolute atomic E-state index is 17.0. The fourth-order valence-corrected chi connectivity index (χ4v) is 8.91. The largest absolute Gasteiger partial charge is 0.439 e. The molecular weight excluding hydrogens is 679 g/mol. The molecule has 0 spiro atoms. The number of alkyl halides is 1. The molecule has 3 aliphatic heterocycles. The number of aliphatic hydroxyl groups excluding tert-OH is 1. The van der Waals surface area contributed by atoms with Crippen LogP contribution in [0.15, 0.2) is 30.4 Å². The predicted octanol–water partition coefficient (Wildman–Crippen LogP) is 4.86. The number of hydrogen-bond donors (Lipinski definition) is 2. The Balaban J connectivity index is 1.36. The molecule has 10 nitrogen and oxygen atoms in total. The number of halogens is 4. The lowest BCUT2D eigenvalue weighted by molar-refractivity contribution is -0.386. The molecule has 3 aliphatic rings. The molecule has 3 atom stereocenters. The van der Waals surface area contributed by atoms with Crippen molar-refractivity contribution in [3.8, 4) is 23.2 Å². The lowest BCUT2D eigenvalue weighted by atomic mass is 9.95. The minimum absolute atomic E-state index is 0.00201. The van der Waals surface area contributed by atoms with Crippen molar-refractivity contribution < 1.29 is 32.8 Å². The van der Waals surface area contributed by atoms with Gasteiger partial charge in [0.05, 0.1) is 58.5 Å². The van der Waals surface area contributed by atoms with Crippen LogP contribution in [0.3, 0.4) is 0 Å². The van der Waals surface area contributed by atoms with Gasteiger partial charge >= 0.3 is 6.01 Å². The topological polar surface area (TPSA) is 133 Å². The number of piperazine rings is 1. The molecule has 4 N–H and O–H groups in total. The van der Waals surface area contributed by atoms with Gasteiger partial charge in [-0.25, -0.2) is 18.2 Å². The van der Waals surface area contributed by atoms with Crippen LogP contribution in [0.1, 0.15) is 31.7 Å². The molecule has 2 aromatic carbocycles. The zero-order chi connectivity index (χ0) is 34.8. The average molecular weight is 713 g/mol. The number of fused-ring (bicyclic) bond motifs is 3. The Bertz CT molecular complexity index is 2070. The van der Waals surface area contributed by atoms with Gasteiger partial charge in [0.1, 0.15) is 29.7 Å². The second-order valence-electron chi connectivity index (χ2n) is 13.0. The molecule has 4 aromatic rings. The van der Waals surface area contributed by atoms with Crippen LogP contribution >= 0.6 is 22.9 Å². The van der Waals surface area contributed by atoms with Gasteiger partial charge < -0.3 is 20.5 Å². The molecule has 49 heavy (non-hydrogen) atoms. The standard InChI is InChI=1S/C34H33ClF3N7O3S/c1-17(15-46)32(47)43-8-9-45(18(2)13-43)31-21-10-23(35)26(20-4-5-24(37)29-25(20)22(12-39)30(40)49-29)27(38)28(21)41-33(42-31)48-16-34-6-3-7-44(34)14-19(36)11-34/h4-5,10,18-19,46H,1,3,6-9,11,13-16,40H2,2H3/p+1/t18-,19+,34-/m0/s1. The summed E-state index contributed by atoms with van der Waals surface area (Å²) in [4.78, 5) is 26.3. The van der Waals surface area contributed by atoms with Crippen molar-refractivity contribution in [3.63, 3.8) is 0 Å². The molecule has 15 heteroatoms. The average Bonchev–Trinajstić information content (AvgIpc) is 3.73. The van der Waals surface area contributed by atoms with Crippen LogP contribution in [-0.2, 0) is 4.79 Å². The summed E-state index contributed by atoms with van der Waals surface area (Å²) in [6.07, 6.45) is 1.05. The first-order chi connectivity index (χ1) is 23.5. The molecular formula is C34H34ClF3N7O3S+. The highest BCUT2D eigenvalue weighted by molar-refractivity contribution is 7.23. The smallest absolute Gasteiger partial charge is 0.432 e. The predicted molar refractivity (Wildman–Crippen MR) is 181 cm³/mol. The van der Waals surface area contributed by atoms with Crippen molar-refractivity contribution in [2.24, 2.45) is 0 Å². The Hall–Kier alpha value is -4.16. The van der Waals surface area contributed by atoms with E-state index in [1.807, 2.05) is 17.9 Å². The Kier molecular flexibility index (Phi) is 8.59.